The van der Waals surface area contributed by atoms with Gasteiger partial charge >= 0.3 is 0 Å². The van der Waals surface area contributed by atoms with Gasteiger partial charge < -0.3 is 10.6 Å². The minimum atomic E-state index is 0.0274. The molecule has 0 rings (SSSR count). The molecule has 0 unspecified atom stereocenters. The van der Waals surface area contributed by atoms with Crippen LogP contribution in [0.1, 0.15) is 27.2 Å². The summed E-state index contributed by atoms with van der Waals surface area (Å²) in [7, 11) is 1.82. The first-order valence-corrected chi connectivity index (χ1v) is 4.37. The van der Waals surface area contributed by atoms with Crippen molar-refractivity contribution in [2.45, 2.75) is 27.2 Å². The highest BCUT2D eigenvalue weighted by Crippen LogP contribution is 2.13. The van der Waals surface area contributed by atoms with E-state index in [1.165, 1.54) is 0 Å². The van der Waals surface area contributed by atoms with Crippen molar-refractivity contribution in [1.82, 2.24) is 4.90 Å². The van der Waals surface area contributed by atoms with Crippen molar-refractivity contribution in [3.05, 3.63) is 0 Å². The molecule has 0 aromatic heterocycles. The van der Waals surface area contributed by atoms with E-state index < -0.39 is 0 Å². The molecule has 0 saturated heterocycles. The fourth-order valence-electron chi connectivity index (χ4n) is 1.06. The number of hydrogen-bond donors (Lipinski definition) is 1. The molecule has 0 bridgehead atoms. The van der Waals surface area contributed by atoms with E-state index in [1.807, 2.05) is 14.0 Å². The van der Waals surface area contributed by atoms with Crippen LogP contribution in [-0.4, -0.2) is 30.9 Å². The second kappa shape index (κ2) is 4.45. The van der Waals surface area contributed by atoms with Gasteiger partial charge in [-0.15, -0.1) is 0 Å². The number of nitrogens with zero attached hydrogens (tertiary/aromatic N) is 1. The van der Waals surface area contributed by atoms with Crippen molar-refractivity contribution in [1.29, 1.82) is 0 Å². The molecular weight excluding hydrogens is 152 g/mol. The predicted octanol–water partition coefficient (Wildman–Crippen LogP) is 0.840. The largest absolute Gasteiger partial charge is 0.345 e. The molecule has 0 aromatic carbocycles. The minimum absolute atomic E-state index is 0.0274. The SMILES string of the molecule is CCC(=O)N(C)CC(C)(C)CN. The van der Waals surface area contributed by atoms with Crippen LogP contribution in [0, 0.1) is 5.41 Å². The summed E-state index contributed by atoms with van der Waals surface area (Å²) in [5, 5.41) is 0. The monoisotopic (exact) mass is 172 g/mol. The van der Waals surface area contributed by atoms with Crippen molar-refractivity contribution in [3.63, 3.8) is 0 Å². The van der Waals surface area contributed by atoms with Gasteiger partial charge in [0.25, 0.3) is 0 Å². The predicted molar refractivity (Wildman–Crippen MR) is 50.8 cm³/mol. The Kier molecular flexibility index (Phi) is 4.24. The van der Waals surface area contributed by atoms with Gasteiger partial charge in [-0.25, -0.2) is 0 Å². The summed E-state index contributed by atoms with van der Waals surface area (Å²) in [5.41, 5.74) is 5.59. The summed E-state index contributed by atoms with van der Waals surface area (Å²) < 4.78 is 0. The first kappa shape index (κ1) is 11.4. The van der Waals surface area contributed by atoms with E-state index in [-0.39, 0.29) is 11.3 Å². The van der Waals surface area contributed by atoms with E-state index in [1.54, 1.807) is 4.90 Å². The van der Waals surface area contributed by atoms with Crippen molar-refractivity contribution in [3.8, 4) is 0 Å². The van der Waals surface area contributed by atoms with Crippen molar-refractivity contribution in [2.24, 2.45) is 11.1 Å². The standard InChI is InChI=1S/C9H20N2O/c1-5-8(12)11(4)7-9(2,3)6-10/h5-7,10H2,1-4H3. The molecule has 0 spiro atoms. The molecule has 0 heterocycles. The molecule has 0 saturated carbocycles. The molecule has 3 heteroatoms. The maximum Gasteiger partial charge on any atom is 0.222 e. The zero-order valence-corrected chi connectivity index (χ0v) is 8.55. The topological polar surface area (TPSA) is 46.3 Å². The van der Waals surface area contributed by atoms with Gasteiger partial charge in [-0.1, -0.05) is 20.8 Å². The summed E-state index contributed by atoms with van der Waals surface area (Å²) in [6.45, 7) is 7.33. The molecule has 1 amide bonds. The normalized spacial score (nSPS) is 11.4. The molecule has 0 aliphatic heterocycles. The minimum Gasteiger partial charge on any atom is -0.345 e. The van der Waals surface area contributed by atoms with E-state index >= 15 is 0 Å². The zero-order valence-electron chi connectivity index (χ0n) is 8.55. The molecule has 0 atom stereocenters. The number of nitrogens with two attached hydrogens (primary N) is 1. The van der Waals surface area contributed by atoms with Gasteiger partial charge in [0.1, 0.15) is 0 Å². The third kappa shape index (κ3) is 3.72. The fraction of sp³-hybridized carbons (Fsp3) is 0.889. The fourth-order valence-corrected chi connectivity index (χ4v) is 1.06. The number of amides is 1. The van der Waals surface area contributed by atoms with E-state index in [0.717, 1.165) is 6.54 Å². The van der Waals surface area contributed by atoms with Gasteiger partial charge in [0.2, 0.25) is 5.91 Å². The number of carbonyl (C=O) groups excluding carboxylic acids is 1. The lowest BCUT2D eigenvalue weighted by atomic mass is 9.93. The molecule has 0 aliphatic carbocycles. The lowest BCUT2D eigenvalue weighted by Crippen LogP contribution is -2.39. The highest BCUT2D eigenvalue weighted by atomic mass is 16.2. The van der Waals surface area contributed by atoms with Crippen LogP contribution in [0.3, 0.4) is 0 Å². The molecule has 0 fully saturated rings. The van der Waals surface area contributed by atoms with Crippen molar-refractivity contribution in [2.75, 3.05) is 20.1 Å². The Hall–Kier alpha value is -0.570. The first-order chi connectivity index (χ1) is 5.43. The molecule has 0 aliphatic rings. The van der Waals surface area contributed by atoms with Crippen LogP contribution in [0.15, 0.2) is 0 Å². The van der Waals surface area contributed by atoms with Crippen LogP contribution >= 0.6 is 0 Å². The summed E-state index contributed by atoms with van der Waals surface area (Å²) in [4.78, 5) is 12.9. The van der Waals surface area contributed by atoms with Gasteiger partial charge in [-0.05, 0) is 12.0 Å². The third-order valence-corrected chi connectivity index (χ3v) is 1.95. The Morgan fingerprint density at radius 3 is 2.33 bits per heavy atom. The second-order valence-corrected chi connectivity index (χ2v) is 3.97. The molecule has 72 valence electrons. The third-order valence-electron chi connectivity index (χ3n) is 1.95. The lowest BCUT2D eigenvalue weighted by Gasteiger charge is -2.28. The van der Waals surface area contributed by atoms with E-state index in [4.69, 9.17) is 5.73 Å². The van der Waals surface area contributed by atoms with Crippen molar-refractivity contribution < 1.29 is 4.79 Å². The molecule has 0 aromatic rings. The Labute approximate surface area is 74.9 Å². The van der Waals surface area contributed by atoms with Crippen LogP contribution in [0.2, 0.25) is 0 Å². The second-order valence-electron chi connectivity index (χ2n) is 3.97. The van der Waals surface area contributed by atoms with E-state index in [9.17, 15) is 4.79 Å². The van der Waals surface area contributed by atoms with Crippen LogP contribution < -0.4 is 5.73 Å². The van der Waals surface area contributed by atoms with Gasteiger partial charge in [0.05, 0.1) is 0 Å². The summed E-state index contributed by atoms with van der Waals surface area (Å²) in [6.07, 6.45) is 0.567. The van der Waals surface area contributed by atoms with Gasteiger partial charge in [0, 0.05) is 20.0 Å². The quantitative estimate of drug-likeness (QED) is 0.683. The molecule has 0 radical (unpaired) electrons. The highest BCUT2D eigenvalue weighted by molar-refractivity contribution is 5.75. The summed E-state index contributed by atoms with van der Waals surface area (Å²) >= 11 is 0. The van der Waals surface area contributed by atoms with E-state index in [2.05, 4.69) is 13.8 Å². The molecule has 12 heavy (non-hydrogen) atoms. The van der Waals surface area contributed by atoms with Crippen LogP contribution in [-0.2, 0) is 4.79 Å². The van der Waals surface area contributed by atoms with Crippen LogP contribution in [0.4, 0.5) is 0 Å². The average Bonchev–Trinajstić information content (AvgIpc) is 2.02. The number of hydrogen-bond acceptors (Lipinski definition) is 2. The molecule has 2 N–H and O–H groups in total. The Bertz CT molecular complexity index is 155. The Morgan fingerprint density at radius 2 is 2.00 bits per heavy atom. The molecular formula is C9H20N2O. The van der Waals surface area contributed by atoms with Crippen molar-refractivity contribution >= 4 is 5.91 Å². The van der Waals surface area contributed by atoms with Crippen LogP contribution in [0.5, 0.6) is 0 Å². The average molecular weight is 172 g/mol. The lowest BCUT2D eigenvalue weighted by molar-refractivity contribution is -0.130. The van der Waals surface area contributed by atoms with E-state index in [0.29, 0.717) is 13.0 Å². The highest BCUT2D eigenvalue weighted by Gasteiger charge is 2.19. The van der Waals surface area contributed by atoms with Gasteiger partial charge in [-0.3, -0.25) is 4.79 Å². The smallest absolute Gasteiger partial charge is 0.222 e. The number of carbonyl (C=O) groups is 1. The summed E-state index contributed by atoms with van der Waals surface area (Å²) in [6, 6.07) is 0. The Balaban J connectivity index is 3.99. The maximum absolute atomic E-state index is 11.2. The van der Waals surface area contributed by atoms with Gasteiger partial charge in [-0.2, -0.15) is 0 Å². The van der Waals surface area contributed by atoms with Gasteiger partial charge in [0.15, 0.2) is 0 Å². The van der Waals surface area contributed by atoms with Crippen LogP contribution in [0.25, 0.3) is 0 Å². The maximum atomic E-state index is 11.2. The molecule has 3 nitrogen and oxygen atoms in total. The first-order valence-electron chi connectivity index (χ1n) is 4.37. The number of rotatable bonds is 4. The Morgan fingerprint density at radius 1 is 1.50 bits per heavy atom. The summed E-state index contributed by atoms with van der Waals surface area (Å²) in [5.74, 6) is 0.177. The zero-order chi connectivity index (χ0) is 9.78.